The minimum absolute atomic E-state index is 0.0376. The van der Waals surface area contributed by atoms with Gasteiger partial charge in [-0.3, -0.25) is 19.2 Å². The van der Waals surface area contributed by atoms with Crippen LogP contribution in [0, 0.1) is 0 Å². The largest absolute Gasteiger partial charge is 0.481 e. The van der Waals surface area contributed by atoms with E-state index in [2.05, 4.69) is 36.2 Å². The van der Waals surface area contributed by atoms with Crippen molar-refractivity contribution in [3.8, 4) is 0 Å². The molecule has 0 bridgehead atoms. The molecule has 3 amide bonds. The molecule has 0 aliphatic carbocycles. The fraction of sp³-hybridized carbons (Fsp3) is 0.407. The van der Waals surface area contributed by atoms with Crippen molar-refractivity contribution in [3.63, 3.8) is 0 Å². The lowest BCUT2D eigenvalue weighted by Crippen LogP contribution is -2.57. The van der Waals surface area contributed by atoms with Gasteiger partial charge in [-0.1, -0.05) is 18.2 Å². The Morgan fingerprint density at radius 2 is 1.71 bits per heavy atom. The van der Waals surface area contributed by atoms with Crippen LogP contribution in [0.15, 0.2) is 43.0 Å². The molecule has 0 spiro atoms. The average molecular weight is 568 g/mol. The number of para-hydroxylation sites is 1. The maximum absolute atomic E-state index is 13.4. The van der Waals surface area contributed by atoms with Crippen LogP contribution < -0.4 is 21.3 Å². The first-order valence-electron chi connectivity index (χ1n) is 13.3. The van der Waals surface area contributed by atoms with Gasteiger partial charge in [0.15, 0.2) is 0 Å². The number of rotatable bonds is 14. The van der Waals surface area contributed by atoms with Gasteiger partial charge in [0.05, 0.1) is 12.4 Å². The molecule has 14 nitrogen and oxygen atoms in total. The number of nitrogens with one attached hydrogen (secondary N) is 6. The molecule has 41 heavy (non-hydrogen) atoms. The molecular weight excluding hydrogens is 534 g/mol. The molecular formula is C27H33N7O7. The summed E-state index contributed by atoms with van der Waals surface area (Å²) in [5, 5.41) is 30.6. The van der Waals surface area contributed by atoms with Crippen molar-refractivity contribution in [2.45, 2.75) is 62.7 Å². The molecule has 4 unspecified atom stereocenters. The summed E-state index contributed by atoms with van der Waals surface area (Å²) >= 11 is 0. The summed E-state index contributed by atoms with van der Waals surface area (Å²) in [5.74, 6) is -4.44. The second-order valence-corrected chi connectivity index (χ2v) is 9.95. The SMILES string of the molecule is O=C(O)CCC(NC(=O)C(Cc1cnc[nH]1)NC(=O)C1CCCN1)C(=O)NC(Cc1c[nH]c2ccccc12)C(=O)O. The monoisotopic (exact) mass is 567 g/mol. The smallest absolute Gasteiger partial charge is 0.326 e. The highest BCUT2D eigenvalue weighted by atomic mass is 16.4. The molecule has 1 aromatic carbocycles. The van der Waals surface area contributed by atoms with Gasteiger partial charge in [-0.15, -0.1) is 0 Å². The second-order valence-electron chi connectivity index (χ2n) is 9.95. The summed E-state index contributed by atoms with van der Waals surface area (Å²) in [5.41, 5.74) is 2.03. The van der Waals surface area contributed by atoms with E-state index in [0.29, 0.717) is 24.2 Å². The topological polar surface area (TPSA) is 218 Å². The lowest BCUT2D eigenvalue weighted by molar-refractivity contribution is -0.143. The van der Waals surface area contributed by atoms with Gasteiger partial charge < -0.3 is 41.4 Å². The predicted molar refractivity (Wildman–Crippen MR) is 146 cm³/mol. The van der Waals surface area contributed by atoms with E-state index in [1.807, 2.05) is 24.3 Å². The van der Waals surface area contributed by atoms with Crippen LogP contribution in [-0.2, 0) is 36.8 Å². The minimum atomic E-state index is -1.37. The number of aromatic nitrogens is 3. The number of carboxylic acid groups (broad SMARTS) is 2. The number of benzene rings is 1. The zero-order chi connectivity index (χ0) is 29.4. The summed E-state index contributed by atoms with van der Waals surface area (Å²) in [6.45, 7) is 0.677. The third-order valence-electron chi connectivity index (χ3n) is 6.98. The van der Waals surface area contributed by atoms with Crippen LogP contribution in [0.4, 0.5) is 0 Å². The van der Waals surface area contributed by atoms with Gasteiger partial charge in [-0.2, -0.15) is 0 Å². The Labute approximate surface area is 234 Å². The molecule has 3 heterocycles. The van der Waals surface area contributed by atoms with Gasteiger partial charge in [-0.25, -0.2) is 9.78 Å². The Hall–Kier alpha value is -4.72. The molecule has 3 aromatic rings. The summed E-state index contributed by atoms with van der Waals surface area (Å²) in [6, 6.07) is 3.03. The summed E-state index contributed by atoms with van der Waals surface area (Å²) in [7, 11) is 0. The number of fused-ring (bicyclic) bond motifs is 1. The number of aliphatic carboxylic acids is 2. The highest BCUT2D eigenvalue weighted by Crippen LogP contribution is 2.19. The zero-order valence-corrected chi connectivity index (χ0v) is 22.2. The molecule has 0 saturated carbocycles. The van der Waals surface area contributed by atoms with E-state index >= 15 is 0 Å². The highest BCUT2D eigenvalue weighted by Gasteiger charge is 2.32. The summed E-state index contributed by atoms with van der Waals surface area (Å²) in [4.78, 5) is 72.7. The number of aromatic amines is 2. The zero-order valence-electron chi connectivity index (χ0n) is 22.2. The first kappa shape index (κ1) is 29.3. The number of nitrogens with zero attached hydrogens (tertiary/aromatic N) is 1. The normalized spacial score (nSPS) is 16.9. The number of carbonyl (C=O) groups excluding carboxylic acids is 3. The molecule has 4 rings (SSSR count). The lowest BCUT2D eigenvalue weighted by atomic mass is 10.0. The van der Waals surface area contributed by atoms with Crippen LogP contribution in [0.3, 0.4) is 0 Å². The molecule has 1 aliphatic rings. The molecule has 8 N–H and O–H groups in total. The van der Waals surface area contributed by atoms with Gasteiger partial charge in [0.25, 0.3) is 0 Å². The molecule has 2 aromatic heterocycles. The Morgan fingerprint density at radius 1 is 0.951 bits per heavy atom. The first-order chi connectivity index (χ1) is 19.7. The van der Waals surface area contributed by atoms with Crippen molar-refractivity contribution in [3.05, 3.63) is 54.2 Å². The summed E-state index contributed by atoms with van der Waals surface area (Å²) < 4.78 is 0. The highest BCUT2D eigenvalue weighted by molar-refractivity contribution is 5.94. The predicted octanol–water partition coefficient (Wildman–Crippen LogP) is -0.168. The number of imidazole rings is 1. The number of carbonyl (C=O) groups is 5. The van der Waals surface area contributed by atoms with Crippen LogP contribution in [0.1, 0.15) is 36.9 Å². The Morgan fingerprint density at radius 3 is 2.39 bits per heavy atom. The number of hydrogen-bond acceptors (Lipinski definition) is 7. The summed E-state index contributed by atoms with van der Waals surface area (Å²) in [6.07, 6.45) is 5.26. The van der Waals surface area contributed by atoms with E-state index in [-0.39, 0.29) is 25.2 Å². The standard InChI is InChI=1S/C27H33N7O7/c35-23(36)8-7-20(25(38)34-22(27(40)41)10-15-12-30-18-5-2-1-4-17(15)18)32-26(39)21(11-16-13-28-14-31-16)33-24(37)19-6-3-9-29-19/h1-2,4-5,12-14,19-22,29-30H,3,6-11H2,(H,28,31)(H,32,39)(H,33,37)(H,34,38)(H,35,36)(H,40,41). The Balaban J connectivity index is 1.48. The third kappa shape index (κ3) is 7.91. The molecule has 1 fully saturated rings. The van der Waals surface area contributed by atoms with Crippen LogP contribution in [0.25, 0.3) is 10.9 Å². The van der Waals surface area contributed by atoms with Crippen molar-refractivity contribution in [2.24, 2.45) is 0 Å². The van der Waals surface area contributed by atoms with E-state index in [9.17, 15) is 34.2 Å². The lowest BCUT2D eigenvalue weighted by Gasteiger charge is -2.25. The number of amides is 3. The van der Waals surface area contributed by atoms with E-state index in [0.717, 1.165) is 17.3 Å². The average Bonchev–Trinajstić information content (AvgIpc) is 3.73. The fourth-order valence-electron chi connectivity index (χ4n) is 4.81. The molecule has 1 aliphatic heterocycles. The number of H-pyrrole nitrogens is 2. The van der Waals surface area contributed by atoms with Gasteiger partial charge in [0.2, 0.25) is 17.7 Å². The van der Waals surface area contributed by atoms with Gasteiger partial charge in [-0.05, 0) is 37.4 Å². The second kappa shape index (κ2) is 13.6. The van der Waals surface area contributed by atoms with Crippen LogP contribution in [0.2, 0.25) is 0 Å². The number of hydrogen-bond donors (Lipinski definition) is 8. The number of carboxylic acids is 2. The fourth-order valence-corrected chi connectivity index (χ4v) is 4.81. The van der Waals surface area contributed by atoms with Gasteiger partial charge in [0.1, 0.15) is 18.1 Å². The van der Waals surface area contributed by atoms with Gasteiger partial charge >= 0.3 is 11.9 Å². The maximum atomic E-state index is 13.4. The first-order valence-corrected chi connectivity index (χ1v) is 13.3. The molecule has 0 radical (unpaired) electrons. The van der Waals surface area contributed by atoms with Crippen LogP contribution in [0.5, 0.6) is 0 Å². The quantitative estimate of drug-likeness (QED) is 0.129. The maximum Gasteiger partial charge on any atom is 0.326 e. The molecule has 14 heteroatoms. The van der Waals surface area contributed by atoms with Crippen LogP contribution in [-0.4, -0.2) is 85.5 Å². The Bertz CT molecular complexity index is 1380. The van der Waals surface area contributed by atoms with Crippen molar-refractivity contribution in [1.29, 1.82) is 0 Å². The Kier molecular flexibility index (Phi) is 9.68. The van der Waals surface area contributed by atoms with Crippen molar-refractivity contribution < 1.29 is 34.2 Å². The van der Waals surface area contributed by atoms with E-state index in [1.165, 1.54) is 12.5 Å². The third-order valence-corrected chi connectivity index (χ3v) is 6.98. The van der Waals surface area contributed by atoms with E-state index in [4.69, 9.17) is 0 Å². The molecule has 4 atom stereocenters. The minimum Gasteiger partial charge on any atom is -0.481 e. The van der Waals surface area contributed by atoms with Crippen molar-refractivity contribution >= 4 is 40.6 Å². The van der Waals surface area contributed by atoms with Gasteiger partial charge in [0, 0.05) is 48.3 Å². The van der Waals surface area contributed by atoms with Crippen LogP contribution >= 0.6 is 0 Å². The van der Waals surface area contributed by atoms with E-state index in [1.54, 1.807) is 6.20 Å². The molecule has 1 saturated heterocycles. The van der Waals surface area contributed by atoms with Crippen molar-refractivity contribution in [1.82, 2.24) is 36.2 Å². The molecule has 218 valence electrons. The van der Waals surface area contributed by atoms with E-state index < -0.39 is 54.3 Å². The van der Waals surface area contributed by atoms with Crippen molar-refractivity contribution in [2.75, 3.05) is 6.54 Å².